The van der Waals surface area contributed by atoms with E-state index in [1.165, 1.54) is 12.1 Å². The van der Waals surface area contributed by atoms with Crippen LogP contribution in [0.25, 0.3) is 0 Å². The van der Waals surface area contributed by atoms with Gasteiger partial charge in [0.1, 0.15) is 11.9 Å². The van der Waals surface area contributed by atoms with E-state index >= 15 is 0 Å². The number of methoxy groups -OCH3 is 1. The molecule has 1 fully saturated rings. The molecule has 136 valence electrons. The van der Waals surface area contributed by atoms with Crippen molar-refractivity contribution in [3.05, 3.63) is 53.3 Å². The number of amides is 1. The summed E-state index contributed by atoms with van der Waals surface area (Å²) >= 11 is 0. The van der Waals surface area contributed by atoms with Gasteiger partial charge in [0.05, 0.1) is 7.11 Å². The number of hydrogen-bond acceptors (Lipinski definition) is 5. The summed E-state index contributed by atoms with van der Waals surface area (Å²) in [6, 6.07) is 9.37. The number of halogens is 1. The Morgan fingerprint density at radius 2 is 2.08 bits per heavy atom. The molecular weight excluding hydrogens is 339 g/mol. The molecule has 2 aliphatic heterocycles. The van der Waals surface area contributed by atoms with Crippen LogP contribution in [-0.4, -0.2) is 37.8 Å². The van der Waals surface area contributed by atoms with Crippen molar-refractivity contribution in [1.29, 1.82) is 0 Å². The van der Waals surface area contributed by atoms with E-state index < -0.39 is 6.04 Å². The lowest BCUT2D eigenvalue weighted by molar-refractivity contribution is -0.129. The number of rotatable bonds is 4. The minimum atomic E-state index is -0.472. The molecule has 7 heteroatoms. The van der Waals surface area contributed by atoms with Crippen molar-refractivity contribution >= 4 is 5.91 Å². The van der Waals surface area contributed by atoms with Gasteiger partial charge < -0.3 is 19.5 Å². The molecule has 4 rings (SSSR count). The first-order chi connectivity index (χ1) is 12.7. The van der Waals surface area contributed by atoms with E-state index in [-0.39, 0.29) is 18.5 Å². The molecular formula is C19H19FN2O4. The van der Waals surface area contributed by atoms with Gasteiger partial charge in [0.15, 0.2) is 11.5 Å². The van der Waals surface area contributed by atoms with Crippen molar-refractivity contribution in [2.75, 3.05) is 27.0 Å². The van der Waals surface area contributed by atoms with E-state index in [2.05, 4.69) is 10.2 Å². The summed E-state index contributed by atoms with van der Waals surface area (Å²) in [4.78, 5) is 14.5. The predicted molar refractivity (Wildman–Crippen MR) is 91.7 cm³/mol. The second-order valence-electron chi connectivity index (χ2n) is 6.25. The molecule has 0 bridgehead atoms. The topological polar surface area (TPSA) is 60.0 Å². The standard InChI is InChI=1S/C19H19FN2O4/c1-24-15-8-12(9-16-18(15)26-11-25-16)10-22-7-6-21-19(23)17(22)13-2-4-14(20)5-3-13/h2-5,8-9,17H,6-7,10-11H2,1H3,(H,21,23)/t17-/m1/s1. The third-order valence-corrected chi connectivity index (χ3v) is 4.60. The van der Waals surface area contributed by atoms with Crippen LogP contribution in [0.5, 0.6) is 17.2 Å². The van der Waals surface area contributed by atoms with Gasteiger partial charge in [0.2, 0.25) is 18.4 Å². The number of nitrogens with zero attached hydrogens (tertiary/aromatic N) is 1. The van der Waals surface area contributed by atoms with E-state index in [1.807, 2.05) is 12.1 Å². The molecule has 0 saturated carbocycles. The first-order valence-corrected chi connectivity index (χ1v) is 8.39. The van der Waals surface area contributed by atoms with Crippen LogP contribution < -0.4 is 19.5 Å². The molecule has 0 unspecified atom stereocenters. The maximum atomic E-state index is 13.3. The van der Waals surface area contributed by atoms with E-state index in [1.54, 1.807) is 19.2 Å². The average molecular weight is 358 g/mol. The van der Waals surface area contributed by atoms with Crippen LogP contribution in [0.15, 0.2) is 36.4 Å². The Kier molecular flexibility index (Phi) is 4.38. The van der Waals surface area contributed by atoms with Crippen LogP contribution in [-0.2, 0) is 11.3 Å². The Hall–Kier alpha value is -2.80. The summed E-state index contributed by atoms with van der Waals surface area (Å²) < 4.78 is 29.5. The molecule has 0 aromatic heterocycles. The summed E-state index contributed by atoms with van der Waals surface area (Å²) in [5.41, 5.74) is 1.71. The number of benzene rings is 2. The van der Waals surface area contributed by atoms with Gasteiger partial charge in [-0.1, -0.05) is 12.1 Å². The summed E-state index contributed by atoms with van der Waals surface area (Å²) in [5.74, 6) is 1.43. The van der Waals surface area contributed by atoms with Gasteiger partial charge in [0, 0.05) is 19.6 Å². The number of carbonyl (C=O) groups excluding carboxylic acids is 1. The van der Waals surface area contributed by atoms with E-state index in [0.29, 0.717) is 36.9 Å². The summed E-state index contributed by atoms with van der Waals surface area (Å²) in [6.45, 7) is 1.95. The molecule has 2 heterocycles. The molecule has 0 aliphatic carbocycles. The van der Waals surface area contributed by atoms with Gasteiger partial charge in [-0.2, -0.15) is 0 Å². The third-order valence-electron chi connectivity index (χ3n) is 4.60. The molecule has 6 nitrogen and oxygen atoms in total. The zero-order chi connectivity index (χ0) is 18.1. The zero-order valence-electron chi connectivity index (χ0n) is 14.3. The van der Waals surface area contributed by atoms with Gasteiger partial charge in [-0.25, -0.2) is 4.39 Å². The Morgan fingerprint density at radius 3 is 2.85 bits per heavy atom. The Balaban J connectivity index is 1.63. The summed E-state index contributed by atoms with van der Waals surface area (Å²) in [6.07, 6.45) is 0. The lowest BCUT2D eigenvalue weighted by atomic mass is 10.0. The van der Waals surface area contributed by atoms with Crippen LogP contribution >= 0.6 is 0 Å². The Bertz CT molecular complexity index is 825. The molecule has 2 aliphatic rings. The molecule has 1 N–H and O–H groups in total. The van der Waals surface area contributed by atoms with Crippen LogP contribution in [0.2, 0.25) is 0 Å². The number of fused-ring (bicyclic) bond motifs is 1. The van der Waals surface area contributed by atoms with Crippen LogP contribution in [0.3, 0.4) is 0 Å². The maximum Gasteiger partial charge on any atom is 0.242 e. The quantitative estimate of drug-likeness (QED) is 0.908. The smallest absolute Gasteiger partial charge is 0.242 e. The highest BCUT2D eigenvalue weighted by molar-refractivity contribution is 5.83. The second kappa shape index (κ2) is 6.84. The van der Waals surface area contributed by atoms with Gasteiger partial charge in [-0.3, -0.25) is 9.69 Å². The van der Waals surface area contributed by atoms with Crippen molar-refractivity contribution in [3.63, 3.8) is 0 Å². The monoisotopic (exact) mass is 358 g/mol. The number of ether oxygens (including phenoxy) is 3. The molecule has 0 spiro atoms. The second-order valence-corrected chi connectivity index (χ2v) is 6.25. The predicted octanol–water partition coefficient (Wildman–Crippen LogP) is 2.24. The average Bonchev–Trinajstić information content (AvgIpc) is 3.11. The largest absolute Gasteiger partial charge is 0.493 e. The van der Waals surface area contributed by atoms with Crippen molar-refractivity contribution in [1.82, 2.24) is 10.2 Å². The van der Waals surface area contributed by atoms with Crippen molar-refractivity contribution in [2.45, 2.75) is 12.6 Å². The molecule has 1 atom stereocenters. The number of hydrogen-bond donors (Lipinski definition) is 1. The first kappa shape index (κ1) is 16.7. The normalized spacial score (nSPS) is 19.3. The van der Waals surface area contributed by atoms with Crippen molar-refractivity contribution < 1.29 is 23.4 Å². The van der Waals surface area contributed by atoms with E-state index in [4.69, 9.17) is 14.2 Å². The highest BCUT2D eigenvalue weighted by Gasteiger charge is 2.31. The number of nitrogens with one attached hydrogen (secondary N) is 1. The maximum absolute atomic E-state index is 13.3. The third kappa shape index (κ3) is 3.06. The van der Waals surface area contributed by atoms with Gasteiger partial charge in [-0.15, -0.1) is 0 Å². The molecule has 1 amide bonds. The summed E-state index contributed by atoms with van der Waals surface area (Å²) in [7, 11) is 1.58. The minimum absolute atomic E-state index is 0.0874. The molecule has 2 aromatic rings. The molecule has 26 heavy (non-hydrogen) atoms. The molecule has 2 aromatic carbocycles. The fourth-order valence-electron chi connectivity index (χ4n) is 3.40. The van der Waals surface area contributed by atoms with Gasteiger partial charge >= 0.3 is 0 Å². The number of piperazine rings is 1. The molecule has 1 saturated heterocycles. The van der Waals surface area contributed by atoms with Gasteiger partial charge in [-0.05, 0) is 35.4 Å². The Morgan fingerprint density at radius 1 is 1.27 bits per heavy atom. The number of carbonyl (C=O) groups is 1. The lowest BCUT2D eigenvalue weighted by Crippen LogP contribution is -2.49. The highest BCUT2D eigenvalue weighted by Crippen LogP contribution is 2.42. The summed E-state index contributed by atoms with van der Waals surface area (Å²) in [5, 5.41) is 2.88. The fourth-order valence-corrected chi connectivity index (χ4v) is 3.40. The van der Waals surface area contributed by atoms with E-state index in [9.17, 15) is 9.18 Å². The zero-order valence-corrected chi connectivity index (χ0v) is 14.3. The minimum Gasteiger partial charge on any atom is -0.493 e. The fraction of sp³-hybridized carbons (Fsp3) is 0.316. The Labute approximate surface area is 150 Å². The van der Waals surface area contributed by atoms with E-state index in [0.717, 1.165) is 11.1 Å². The first-order valence-electron chi connectivity index (χ1n) is 8.39. The SMILES string of the molecule is COc1cc(CN2CCNC(=O)[C@H]2c2ccc(F)cc2)cc2c1OCO2. The van der Waals surface area contributed by atoms with Crippen LogP contribution in [0.1, 0.15) is 17.2 Å². The van der Waals surface area contributed by atoms with Crippen LogP contribution in [0.4, 0.5) is 4.39 Å². The molecule has 0 radical (unpaired) electrons. The highest BCUT2D eigenvalue weighted by atomic mass is 19.1. The van der Waals surface area contributed by atoms with Crippen molar-refractivity contribution in [3.8, 4) is 17.2 Å². The lowest BCUT2D eigenvalue weighted by Gasteiger charge is -2.35. The van der Waals surface area contributed by atoms with Gasteiger partial charge in [0.25, 0.3) is 0 Å². The van der Waals surface area contributed by atoms with Crippen molar-refractivity contribution in [2.24, 2.45) is 0 Å². The van der Waals surface area contributed by atoms with Crippen LogP contribution in [0, 0.1) is 5.82 Å².